The average Bonchev–Trinajstić information content (AvgIpc) is 2.60. The van der Waals surface area contributed by atoms with E-state index in [1.807, 2.05) is 0 Å². The van der Waals surface area contributed by atoms with E-state index < -0.39 is 30.7 Å². The largest absolute Gasteiger partial charge is 0.480 e. The fraction of sp³-hybridized carbons (Fsp3) is 0.188. The molecule has 2 aromatic rings. The second kappa shape index (κ2) is 7.02. The third-order valence-corrected chi connectivity index (χ3v) is 7.09. The van der Waals surface area contributed by atoms with Crippen LogP contribution in [0.2, 0.25) is 5.02 Å². The summed E-state index contributed by atoms with van der Waals surface area (Å²) in [5, 5.41) is 2.76. The van der Waals surface area contributed by atoms with Crippen LogP contribution < -0.4 is 14.8 Å². The van der Waals surface area contributed by atoms with Gasteiger partial charge in [-0.05, 0) is 30.3 Å². The maximum atomic E-state index is 12.9. The summed E-state index contributed by atoms with van der Waals surface area (Å²) in [6, 6.07) is 8.23. The molecule has 0 aromatic heterocycles. The van der Waals surface area contributed by atoms with Crippen molar-refractivity contribution in [3.8, 4) is 5.75 Å². The molecule has 0 unspecified atom stereocenters. The highest BCUT2D eigenvalue weighted by Crippen LogP contribution is 2.38. The topological polar surface area (TPSA) is 119 Å². The first-order valence-corrected chi connectivity index (χ1v) is 11.3. The third-order valence-electron chi connectivity index (χ3n) is 3.76. The molecule has 11 heteroatoms. The number of fused-ring (bicyclic) bond motifs is 1. The Labute approximate surface area is 161 Å². The lowest BCUT2D eigenvalue weighted by Crippen LogP contribution is -2.27. The number of sulfone groups is 1. The van der Waals surface area contributed by atoms with Gasteiger partial charge in [0.25, 0.3) is 15.9 Å². The molecular formula is C16H15ClN2O6S2. The van der Waals surface area contributed by atoms with Gasteiger partial charge in [0, 0.05) is 5.02 Å². The average molecular weight is 431 g/mol. The van der Waals surface area contributed by atoms with Gasteiger partial charge in [-0.25, -0.2) is 16.8 Å². The second-order valence-corrected chi connectivity index (χ2v) is 10.0. The maximum Gasteiger partial charge on any atom is 0.265 e. The Balaban J connectivity index is 2.17. The van der Waals surface area contributed by atoms with E-state index in [-0.39, 0.29) is 34.4 Å². The molecule has 1 aliphatic heterocycles. The molecule has 27 heavy (non-hydrogen) atoms. The number of halogens is 1. The maximum absolute atomic E-state index is 12.9. The summed E-state index contributed by atoms with van der Waals surface area (Å²) in [6.45, 7) is 1.05. The van der Waals surface area contributed by atoms with Crippen LogP contribution in [0.5, 0.6) is 5.75 Å². The Morgan fingerprint density at radius 3 is 2.59 bits per heavy atom. The molecule has 2 aromatic carbocycles. The fourth-order valence-electron chi connectivity index (χ4n) is 2.45. The van der Waals surface area contributed by atoms with Gasteiger partial charge in [-0.3, -0.25) is 9.52 Å². The Morgan fingerprint density at radius 2 is 1.93 bits per heavy atom. The van der Waals surface area contributed by atoms with Crippen molar-refractivity contribution in [2.45, 2.75) is 16.7 Å². The van der Waals surface area contributed by atoms with Crippen molar-refractivity contribution in [2.75, 3.05) is 22.4 Å². The molecule has 0 atom stereocenters. The van der Waals surface area contributed by atoms with Crippen LogP contribution in [-0.4, -0.2) is 35.1 Å². The van der Waals surface area contributed by atoms with Gasteiger partial charge >= 0.3 is 0 Å². The van der Waals surface area contributed by atoms with Crippen molar-refractivity contribution in [3.05, 3.63) is 41.4 Å². The monoisotopic (exact) mass is 430 g/mol. The minimum atomic E-state index is -4.23. The highest BCUT2D eigenvalue weighted by molar-refractivity contribution is 7.93. The fourth-order valence-corrected chi connectivity index (χ4v) is 4.89. The van der Waals surface area contributed by atoms with E-state index in [2.05, 4.69) is 10.0 Å². The third kappa shape index (κ3) is 4.02. The molecule has 0 aliphatic carbocycles. The molecule has 0 spiro atoms. The molecule has 0 radical (unpaired) electrons. The molecule has 8 nitrogen and oxygen atoms in total. The van der Waals surface area contributed by atoms with Gasteiger partial charge in [0.1, 0.15) is 4.90 Å². The van der Waals surface area contributed by atoms with Gasteiger partial charge in [-0.1, -0.05) is 24.6 Å². The van der Waals surface area contributed by atoms with Crippen molar-refractivity contribution >= 4 is 48.7 Å². The predicted octanol–water partition coefficient (Wildman–Crippen LogP) is 2.27. The number of sulfonamides is 1. The van der Waals surface area contributed by atoms with Gasteiger partial charge in [-0.15, -0.1) is 0 Å². The summed E-state index contributed by atoms with van der Waals surface area (Å²) < 4.78 is 57.9. The number of carbonyl (C=O) groups excluding carboxylic acids is 1. The first-order valence-electron chi connectivity index (χ1n) is 7.74. The Hall–Kier alpha value is -2.30. The minimum absolute atomic E-state index is 0.0211. The molecule has 2 N–H and O–H groups in total. The SMILES string of the molecule is CCS(=O)(=O)c1cc2c(c(S(=O)(=O)Nc3cccc(Cl)c3)c1)OCC(=O)N2. The minimum Gasteiger partial charge on any atom is -0.480 e. The van der Waals surface area contributed by atoms with Crippen LogP contribution in [0, 0.1) is 0 Å². The summed E-state index contributed by atoms with van der Waals surface area (Å²) in [5.41, 5.74) is 0.173. The Morgan fingerprint density at radius 1 is 1.19 bits per heavy atom. The van der Waals surface area contributed by atoms with Crippen LogP contribution >= 0.6 is 11.6 Å². The van der Waals surface area contributed by atoms with Gasteiger partial charge in [0.05, 0.1) is 22.0 Å². The number of anilines is 2. The summed E-state index contributed by atoms with van der Waals surface area (Å²) in [7, 11) is -7.96. The number of nitrogens with one attached hydrogen (secondary N) is 2. The number of ether oxygens (including phenoxy) is 1. The van der Waals surface area contributed by atoms with Crippen LogP contribution in [0.3, 0.4) is 0 Å². The molecule has 0 saturated carbocycles. The number of amides is 1. The summed E-state index contributed by atoms with van der Waals surface area (Å²) in [4.78, 5) is 10.9. The van der Waals surface area contributed by atoms with Crippen LogP contribution in [0.4, 0.5) is 11.4 Å². The number of hydrogen-bond donors (Lipinski definition) is 2. The quantitative estimate of drug-likeness (QED) is 0.751. The number of rotatable bonds is 5. The Bertz CT molecular complexity index is 1130. The normalized spacial score (nSPS) is 14.1. The highest BCUT2D eigenvalue weighted by atomic mass is 35.5. The first kappa shape index (κ1) is 19.5. The zero-order valence-electron chi connectivity index (χ0n) is 14.0. The summed E-state index contributed by atoms with van der Waals surface area (Å²) >= 11 is 5.87. The van der Waals surface area contributed by atoms with Gasteiger partial charge in [0.2, 0.25) is 0 Å². The Kier molecular flexibility index (Phi) is 5.06. The molecule has 1 aliphatic rings. The zero-order chi connectivity index (χ0) is 19.8. The number of benzene rings is 2. The molecule has 144 valence electrons. The first-order chi connectivity index (χ1) is 12.6. The lowest BCUT2D eigenvalue weighted by atomic mass is 10.2. The number of hydrogen-bond acceptors (Lipinski definition) is 6. The molecule has 3 rings (SSSR count). The zero-order valence-corrected chi connectivity index (χ0v) is 16.4. The van der Waals surface area contributed by atoms with E-state index in [0.29, 0.717) is 5.02 Å². The lowest BCUT2D eigenvalue weighted by molar-refractivity contribution is -0.118. The number of carbonyl (C=O) groups is 1. The molecule has 0 fully saturated rings. The summed E-state index contributed by atoms with van der Waals surface area (Å²) in [5.74, 6) is -0.874. The van der Waals surface area contributed by atoms with Gasteiger partial charge in [-0.2, -0.15) is 0 Å². The molecule has 1 heterocycles. The van der Waals surface area contributed by atoms with Crippen molar-refractivity contribution < 1.29 is 26.4 Å². The van der Waals surface area contributed by atoms with Crippen LogP contribution in [-0.2, 0) is 24.7 Å². The van der Waals surface area contributed by atoms with E-state index in [9.17, 15) is 21.6 Å². The van der Waals surface area contributed by atoms with Crippen LogP contribution in [0.25, 0.3) is 0 Å². The predicted molar refractivity (Wildman–Crippen MR) is 101 cm³/mol. The van der Waals surface area contributed by atoms with E-state index in [1.165, 1.54) is 25.1 Å². The van der Waals surface area contributed by atoms with E-state index in [1.54, 1.807) is 12.1 Å². The molecule has 1 amide bonds. The highest BCUT2D eigenvalue weighted by Gasteiger charge is 2.30. The van der Waals surface area contributed by atoms with Crippen LogP contribution in [0.15, 0.2) is 46.2 Å². The van der Waals surface area contributed by atoms with E-state index in [4.69, 9.17) is 16.3 Å². The molecule has 0 saturated heterocycles. The standard InChI is InChI=1S/C16H15ClN2O6S2/c1-2-26(21,22)12-7-13-16(25-9-15(20)18-13)14(8-12)27(23,24)19-11-5-3-4-10(17)6-11/h3-8,19H,2,9H2,1H3,(H,18,20). The van der Waals surface area contributed by atoms with E-state index >= 15 is 0 Å². The second-order valence-electron chi connectivity index (χ2n) is 5.65. The van der Waals surface area contributed by atoms with Gasteiger partial charge < -0.3 is 10.1 Å². The van der Waals surface area contributed by atoms with Crippen molar-refractivity contribution in [1.82, 2.24) is 0 Å². The smallest absolute Gasteiger partial charge is 0.265 e. The van der Waals surface area contributed by atoms with Crippen molar-refractivity contribution in [1.29, 1.82) is 0 Å². The van der Waals surface area contributed by atoms with Gasteiger partial charge in [0.15, 0.2) is 22.2 Å². The summed E-state index contributed by atoms with van der Waals surface area (Å²) in [6.07, 6.45) is 0. The lowest BCUT2D eigenvalue weighted by Gasteiger charge is -2.22. The van der Waals surface area contributed by atoms with Crippen molar-refractivity contribution in [3.63, 3.8) is 0 Å². The molecular weight excluding hydrogens is 416 g/mol. The van der Waals surface area contributed by atoms with Crippen molar-refractivity contribution in [2.24, 2.45) is 0 Å². The molecule has 0 bridgehead atoms. The van der Waals surface area contributed by atoms with Crippen LogP contribution in [0.1, 0.15) is 6.92 Å². The van der Waals surface area contributed by atoms with E-state index in [0.717, 1.165) is 6.07 Å².